The van der Waals surface area contributed by atoms with Gasteiger partial charge in [-0.1, -0.05) is 23.7 Å². The molecule has 6 heteroatoms. The molecule has 0 saturated carbocycles. The Balaban J connectivity index is 2.46. The molecule has 0 aliphatic carbocycles. The number of carboxylic acids is 1. The quantitative estimate of drug-likeness (QED) is 0.850. The second kappa shape index (κ2) is 4.69. The average Bonchev–Trinajstić information content (AvgIpc) is 2.32. The van der Waals surface area contributed by atoms with Crippen molar-refractivity contribution in [1.82, 2.24) is 9.97 Å². The molecule has 0 aliphatic rings. The first-order valence-electron chi connectivity index (χ1n) is 4.59. The monoisotopic (exact) mass is 268 g/mol. The summed E-state index contributed by atoms with van der Waals surface area (Å²) in [4.78, 5) is 18.4. The normalized spacial score (nSPS) is 10.2. The van der Waals surface area contributed by atoms with Gasteiger partial charge in [-0.05, 0) is 23.7 Å². The van der Waals surface area contributed by atoms with Crippen molar-refractivity contribution in [1.29, 1.82) is 0 Å². The lowest BCUT2D eigenvalue weighted by Gasteiger charge is -2.03. The Morgan fingerprint density at radius 3 is 2.41 bits per heavy atom. The third-order valence-corrected chi connectivity index (χ3v) is 2.58. The Bertz CT molecular complexity index is 570. The molecule has 0 spiro atoms. The lowest BCUT2D eigenvalue weighted by molar-refractivity contribution is 0.0697. The fourth-order valence-corrected chi connectivity index (χ4v) is 1.65. The highest BCUT2D eigenvalue weighted by Gasteiger charge is 2.08. The second-order valence-electron chi connectivity index (χ2n) is 3.22. The number of aromatic nitrogens is 2. The van der Waals surface area contributed by atoms with E-state index in [-0.39, 0.29) is 10.8 Å². The van der Waals surface area contributed by atoms with Gasteiger partial charge in [-0.2, -0.15) is 0 Å². The van der Waals surface area contributed by atoms with Gasteiger partial charge in [0.05, 0.1) is 22.5 Å². The molecule has 0 radical (unpaired) electrons. The Morgan fingerprint density at radius 2 is 1.82 bits per heavy atom. The van der Waals surface area contributed by atoms with E-state index in [1.165, 1.54) is 18.3 Å². The third-order valence-electron chi connectivity index (χ3n) is 2.12. The van der Waals surface area contributed by atoms with Crippen molar-refractivity contribution in [3.8, 4) is 11.3 Å². The molecule has 0 aliphatic heterocycles. The number of aromatic carboxylic acids is 1. The predicted molar refractivity (Wildman–Crippen MR) is 64.4 cm³/mol. The van der Waals surface area contributed by atoms with E-state index in [9.17, 15) is 4.79 Å². The van der Waals surface area contributed by atoms with Crippen LogP contribution in [0.5, 0.6) is 0 Å². The summed E-state index contributed by atoms with van der Waals surface area (Å²) in [5.74, 6) is -0.983. The molecule has 1 heterocycles. The Labute approximate surface area is 107 Å². The summed E-state index contributed by atoms with van der Waals surface area (Å²) in [5, 5.41) is 9.22. The minimum Gasteiger partial charge on any atom is -0.478 e. The van der Waals surface area contributed by atoms with E-state index in [2.05, 4.69) is 9.97 Å². The lowest BCUT2D eigenvalue weighted by Crippen LogP contribution is -1.95. The van der Waals surface area contributed by atoms with Crippen molar-refractivity contribution < 1.29 is 9.90 Å². The molecular weight excluding hydrogens is 263 g/mol. The molecule has 86 valence electrons. The summed E-state index contributed by atoms with van der Waals surface area (Å²) < 4.78 is 0. The van der Waals surface area contributed by atoms with E-state index < -0.39 is 5.97 Å². The van der Waals surface area contributed by atoms with Gasteiger partial charge in [0, 0.05) is 5.56 Å². The van der Waals surface area contributed by atoms with Crippen molar-refractivity contribution >= 4 is 29.2 Å². The van der Waals surface area contributed by atoms with Gasteiger partial charge in [0.2, 0.25) is 5.28 Å². The zero-order chi connectivity index (χ0) is 12.4. The molecule has 0 unspecified atom stereocenters. The van der Waals surface area contributed by atoms with E-state index in [0.29, 0.717) is 16.3 Å². The number of benzene rings is 1. The van der Waals surface area contributed by atoms with Crippen LogP contribution in [-0.4, -0.2) is 21.0 Å². The van der Waals surface area contributed by atoms with E-state index in [1.54, 1.807) is 12.1 Å². The fourth-order valence-electron chi connectivity index (χ4n) is 1.32. The molecule has 4 nitrogen and oxygen atoms in total. The highest BCUT2D eigenvalue weighted by molar-refractivity contribution is 6.33. The first-order chi connectivity index (χ1) is 8.08. The summed E-state index contributed by atoms with van der Waals surface area (Å²) in [6.45, 7) is 0. The lowest BCUT2D eigenvalue weighted by atomic mass is 10.1. The minimum atomic E-state index is -0.983. The van der Waals surface area contributed by atoms with Crippen LogP contribution >= 0.6 is 23.2 Å². The molecule has 2 aromatic rings. The van der Waals surface area contributed by atoms with Crippen molar-refractivity contribution in [2.45, 2.75) is 0 Å². The first kappa shape index (κ1) is 11.8. The van der Waals surface area contributed by atoms with Crippen LogP contribution in [0.1, 0.15) is 10.4 Å². The number of hydrogen-bond acceptors (Lipinski definition) is 3. The van der Waals surface area contributed by atoms with Gasteiger partial charge in [0.1, 0.15) is 0 Å². The fraction of sp³-hybridized carbons (Fsp3) is 0. The van der Waals surface area contributed by atoms with Crippen LogP contribution in [-0.2, 0) is 0 Å². The van der Waals surface area contributed by atoms with Gasteiger partial charge < -0.3 is 5.11 Å². The number of halogens is 2. The van der Waals surface area contributed by atoms with Crippen LogP contribution in [0.2, 0.25) is 10.3 Å². The van der Waals surface area contributed by atoms with Gasteiger partial charge in [0.25, 0.3) is 0 Å². The van der Waals surface area contributed by atoms with Gasteiger partial charge in [0.15, 0.2) is 0 Å². The summed E-state index contributed by atoms with van der Waals surface area (Å²) in [7, 11) is 0. The largest absolute Gasteiger partial charge is 0.478 e. The molecule has 1 aromatic heterocycles. The molecule has 0 amide bonds. The van der Waals surface area contributed by atoms with Crippen molar-refractivity contribution in [3.63, 3.8) is 0 Å². The molecule has 0 fully saturated rings. The maximum Gasteiger partial charge on any atom is 0.335 e. The first-order valence-corrected chi connectivity index (χ1v) is 5.35. The number of carboxylic acid groups (broad SMARTS) is 1. The Hall–Kier alpha value is -1.65. The molecule has 1 aromatic carbocycles. The standard InChI is InChI=1S/C11H6Cl2N2O2/c12-8-5-14-11(13)15-9(8)6-1-3-7(4-2-6)10(16)17/h1-5H,(H,16,17). The van der Waals surface area contributed by atoms with Gasteiger partial charge in [-0.25, -0.2) is 14.8 Å². The molecule has 17 heavy (non-hydrogen) atoms. The minimum absolute atomic E-state index is 0.0895. The van der Waals surface area contributed by atoms with E-state index >= 15 is 0 Å². The van der Waals surface area contributed by atoms with Crippen LogP contribution < -0.4 is 0 Å². The van der Waals surface area contributed by atoms with Crippen LogP contribution in [0.4, 0.5) is 0 Å². The van der Waals surface area contributed by atoms with E-state index in [0.717, 1.165) is 0 Å². The number of rotatable bonds is 2. The summed E-state index contributed by atoms with van der Waals surface area (Å²) in [6.07, 6.45) is 1.40. The Morgan fingerprint density at radius 1 is 1.18 bits per heavy atom. The molecular formula is C11H6Cl2N2O2. The smallest absolute Gasteiger partial charge is 0.335 e. The van der Waals surface area contributed by atoms with E-state index in [1.807, 2.05) is 0 Å². The maximum absolute atomic E-state index is 10.7. The molecule has 0 atom stereocenters. The maximum atomic E-state index is 10.7. The third kappa shape index (κ3) is 2.54. The van der Waals surface area contributed by atoms with Gasteiger partial charge >= 0.3 is 5.97 Å². The highest BCUT2D eigenvalue weighted by atomic mass is 35.5. The summed E-state index contributed by atoms with van der Waals surface area (Å²) in [6, 6.07) is 6.19. The molecule has 2 rings (SSSR count). The Kier molecular flexibility index (Phi) is 3.26. The zero-order valence-corrected chi connectivity index (χ0v) is 9.90. The molecule has 1 N–H and O–H groups in total. The van der Waals surface area contributed by atoms with Crippen molar-refractivity contribution in [2.24, 2.45) is 0 Å². The van der Waals surface area contributed by atoms with E-state index in [4.69, 9.17) is 28.3 Å². The predicted octanol–water partition coefficient (Wildman–Crippen LogP) is 3.15. The van der Waals surface area contributed by atoms with Crippen LogP contribution in [0.25, 0.3) is 11.3 Å². The summed E-state index contributed by atoms with van der Waals surface area (Å²) >= 11 is 11.6. The van der Waals surface area contributed by atoms with Crippen molar-refractivity contribution in [2.75, 3.05) is 0 Å². The number of nitrogens with zero attached hydrogens (tertiary/aromatic N) is 2. The van der Waals surface area contributed by atoms with Crippen LogP contribution in [0, 0.1) is 0 Å². The number of hydrogen-bond donors (Lipinski definition) is 1. The van der Waals surface area contributed by atoms with Crippen LogP contribution in [0.3, 0.4) is 0 Å². The highest BCUT2D eigenvalue weighted by Crippen LogP contribution is 2.26. The zero-order valence-electron chi connectivity index (χ0n) is 8.39. The molecule has 0 saturated heterocycles. The topological polar surface area (TPSA) is 63.1 Å². The number of carbonyl (C=O) groups is 1. The SMILES string of the molecule is O=C(O)c1ccc(-c2nc(Cl)ncc2Cl)cc1. The molecule has 0 bridgehead atoms. The van der Waals surface area contributed by atoms with Gasteiger partial charge in [-0.15, -0.1) is 0 Å². The van der Waals surface area contributed by atoms with Crippen molar-refractivity contribution in [3.05, 3.63) is 46.3 Å². The second-order valence-corrected chi connectivity index (χ2v) is 3.96. The average molecular weight is 269 g/mol. The van der Waals surface area contributed by atoms with Gasteiger partial charge in [-0.3, -0.25) is 0 Å². The summed E-state index contributed by atoms with van der Waals surface area (Å²) in [5.41, 5.74) is 1.36. The van der Waals surface area contributed by atoms with Crippen LogP contribution in [0.15, 0.2) is 30.5 Å².